The first-order valence-electron chi connectivity index (χ1n) is 19.7. The molecule has 2 aromatic rings. The highest BCUT2D eigenvalue weighted by Gasteiger charge is 2.35. The summed E-state index contributed by atoms with van der Waals surface area (Å²) in [6, 6.07) is 4.94. The molecule has 2 aliphatic heterocycles. The standard InChI is InChI=1S/C43H64N6O7/c1-12-31(37(44-13-2)28(4)54-10)38-33(24-43(8,9)27-50)32-23-29(19-20-36(32)48(38)14-3)30-17-15-21-47(25-30)26-35(45-41(53)56-42(5,6)7)39(51)49-22-16-18-34(46-49)40(52)55-11/h12-13,17,19-20,23,28,34-35,46,50H,1,14-16,18,21-22,24-27H2,2-11H3,(H,45,53)/b37-31+,44-13?/t28-,34-,35?/m0/s1. The molecule has 56 heavy (non-hydrogen) atoms. The first-order valence-corrected chi connectivity index (χ1v) is 19.7. The number of aliphatic hydroxyl groups excluding tert-OH is 1. The number of rotatable bonds is 15. The van der Waals surface area contributed by atoms with Gasteiger partial charge in [0, 0.05) is 69.1 Å². The van der Waals surface area contributed by atoms with Crippen LogP contribution in [0.15, 0.2) is 47.6 Å². The fraction of sp³-hybridized carbons (Fsp3) is 0.581. The lowest BCUT2D eigenvalue weighted by molar-refractivity contribution is -0.150. The van der Waals surface area contributed by atoms with Gasteiger partial charge >= 0.3 is 12.1 Å². The Balaban J connectivity index is 1.74. The quantitative estimate of drug-likeness (QED) is 0.114. The second-order valence-electron chi connectivity index (χ2n) is 16.4. The summed E-state index contributed by atoms with van der Waals surface area (Å²) < 4.78 is 18.6. The second kappa shape index (κ2) is 19.2. The summed E-state index contributed by atoms with van der Waals surface area (Å²) in [7, 11) is 3.00. The predicted molar refractivity (Wildman–Crippen MR) is 222 cm³/mol. The van der Waals surface area contributed by atoms with Gasteiger partial charge < -0.3 is 29.2 Å². The van der Waals surface area contributed by atoms with Crippen LogP contribution in [0, 0.1) is 5.41 Å². The number of benzene rings is 1. The number of hydrogen-bond donors (Lipinski definition) is 3. The van der Waals surface area contributed by atoms with E-state index >= 15 is 0 Å². The zero-order valence-corrected chi connectivity index (χ0v) is 35.2. The van der Waals surface area contributed by atoms with E-state index in [2.05, 4.69) is 71.8 Å². The fourth-order valence-electron chi connectivity index (χ4n) is 7.45. The summed E-state index contributed by atoms with van der Waals surface area (Å²) in [5, 5.41) is 15.8. The summed E-state index contributed by atoms with van der Waals surface area (Å²) in [6.45, 7) is 22.2. The number of nitrogens with one attached hydrogen (secondary N) is 2. The zero-order valence-electron chi connectivity index (χ0n) is 35.2. The van der Waals surface area contributed by atoms with Crippen molar-refractivity contribution in [3.8, 4) is 0 Å². The van der Waals surface area contributed by atoms with Gasteiger partial charge in [0.25, 0.3) is 5.91 Å². The lowest BCUT2D eigenvalue weighted by Gasteiger charge is -2.37. The highest BCUT2D eigenvalue weighted by molar-refractivity contribution is 5.95. The Hall–Kier alpha value is -4.30. The molecule has 2 amide bonds. The number of esters is 1. The number of aryl methyl sites for hydroxylation is 1. The van der Waals surface area contributed by atoms with Gasteiger partial charge in [-0.25, -0.2) is 10.2 Å². The van der Waals surface area contributed by atoms with Crippen LogP contribution in [-0.4, -0.2) is 115 Å². The number of allylic oxidation sites excluding steroid dienone is 2. The number of methoxy groups -OCH3 is 2. The molecule has 3 atom stereocenters. The molecular weight excluding hydrogens is 713 g/mol. The van der Waals surface area contributed by atoms with Gasteiger partial charge in [-0.2, -0.15) is 0 Å². The number of hydrazine groups is 1. The Morgan fingerprint density at radius 3 is 2.50 bits per heavy atom. The van der Waals surface area contributed by atoms with Crippen LogP contribution in [0.3, 0.4) is 0 Å². The number of carbonyl (C=O) groups is 3. The maximum atomic E-state index is 14.0. The van der Waals surface area contributed by atoms with Crippen LogP contribution in [0.1, 0.15) is 91.5 Å². The first-order chi connectivity index (χ1) is 26.5. The van der Waals surface area contributed by atoms with Crippen molar-refractivity contribution in [1.82, 2.24) is 25.2 Å². The Morgan fingerprint density at radius 1 is 1.16 bits per heavy atom. The molecule has 0 saturated carbocycles. The minimum absolute atomic E-state index is 0.0140. The van der Waals surface area contributed by atoms with Crippen molar-refractivity contribution in [2.24, 2.45) is 10.4 Å². The van der Waals surface area contributed by atoms with Crippen LogP contribution < -0.4 is 10.7 Å². The zero-order chi connectivity index (χ0) is 41.4. The Bertz CT molecular complexity index is 1830. The van der Waals surface area contributed by atoms with Gasteiger partial charge in [-0.05, 0) is 101 Å². The van der Waals surface area contributed by atoms with Crippen LogP contribution in [0.2, 0.25) is 0 Å². The molecule has 13 heteroatoms. The topological polar surface area (TPSA) is 147 Å². The van der Waals surface area contributed by atoms with Gasteiger partial charge in [-0.3, -0.25) is 24.5 Å². The first kappa shape index (κ1) is 44.4. The van der Waals surface area contributed by atoms with Crippen molar-refractivity contribution >= 4 is 46.2 Å². The molecule has 13 nitrogen and oxygen atoms in total. The highest BCUT2D eigenvalue weighted by Crippen LogP contribution is 2.39. The van der Waals surface area contributed by atoms with Gasteiger partial charge in [-0.1, -0.05) is 38.6 Å². The number of alkyl carbamates (subject to hydrolysis) is 1. The number of carbonyl (C=O) groups excluding carboxylic acids is 3. The average molecular weight is 777 g/mol. The van der Waals surface area contributed by atoms with Crippen LogP contribution in [0.5, 0.6) is 0 Å². The van der Waals surface area contributed by atoms with E-state index in [0.717, 1.165) is 51.0 Å². The molecule has 2 aliphatic rings. The molecule has 1 unspecified atom stereocenters. The molecule has 0 aliphatic carbocycles. The van der Waals surface area contributed by atoms with Crippen molar-refractivity contribution in [3.63, 3.8) is 0 Å². The SMILES string of the molecule is C=C/C(=C(\N=CC)[C@H](C)OC)c1c(CC(C)(C)CO)c2cc(C3=CCCN(CC(NC(=O)OC(C)(C)C)C(=O)N4CCC[C@@H](C(=O)OC)N4)C3)ccc2n1CC. The van der Waals surface area contributed by atoms with E-state index in [4.69, 9.17) is 19.2 Å². The molecule has 1 aromatic carbocycles. The number of fused-ring (bicyclic) bond motifs is 1. The Labute approximate surface area is 332 Å². The van der Waals surface area contributed by atoms with Gasteiger partial charge in [0.15, 0.2) is 0 Å². The smallest absolute Gasteiger partial charge is 0.408 e. The number of hydrogen-bond acceptors (Lipinski definition) is 10. The molecule has 1 fully saturated rings. The van der Waals surface area contributed by atoms with E-state index in [1.54, 1.807) is 34.1 Å². The normalized spacial score (nSPS) is 18.7. The maximum absolute atomic E-state index is 14.0. The fourth-order valence-corrected chi connectivity index (χ4v) is 7.45. The monoisotopic (exact) mass is 776 g/mol. The molecule has 0 bridgehead atoms. The van der Waals surface area contributed by atoms with Crippen molar-refractivity contribution in [3.05, 3.63) is 59.4 Å². The molecular formula is C43H64N6O7. The van der Waals surface area contributed by atoms with Gasteiger partial charge in [0.2, 0.25) is 0 Å². The number of ether oxygens (including phenoxy) is 3. The summed E-state index contributed by atoms with van der Waals surface area (Å²) in [6.07, 6.45) is 7.40. The van der Waals surface area contributed by atoms with E-state index in [9.17, 15) is 19.5 Å². The van der Waals surface area contributed by atoms with Crippen molar-refractivity contribution in [1.29, 1.82) is 0 Å². The van der Waals surface area contributed by atoms with Crippen molar-refractivity contribution < 1.29 is 33.7 Å². The number of aliphatic hydroxyl groups is 1. The molecule has 3 N–H and O–H groups in total. The molecule has 1 saturated heterocycles. The minimum atomic E-state index is -0.942. The highest BCUT2D eigenvalue weighted by atomic mass is 16.6. The van der Waals surface area contributed by atoms with Gasteiger partial charge in [0.05, 0.1) is 24.6 Å². The van der Waals surface area contributed by atoms with Gasteiger partial charge in [0.1, 0.15) is 17.7 Å². The third kappa shape index (κ3) is 10.8. The van der Waals surface area contributed by atoms with Crippen LogP contribution in [0.25, 0.3) is 22.0 Å². The van der Waals surface area contributed by atoms with E-state index in [0.29, 0.717) is 45.4 Å². The lowest BCUT2D eigenvalue weighted by Crippen LogP contribution is -2.62. The third-order valence-electron chi connectivity index (χ3n) is 10.3. The maximum Gasteiger partial charge on any atom is 0.408 e. The lowest BCUT2D eigenvalue weighted by atomic mass is 9.84. The molecule has 0 spiro atoms. The number of amides is 2. The molecule has 308 valence electrons. The number of aromatic nitrogens is 1. The van der Waals surface area contributed by atoms with Crippen LogP contribution >= 0.6 is 0 Å². The second-order valence-corrected chi connectivity index (χ2v) is 16.4. The Kier molecular flexibility index (Phi) is 15.3. The number of aliphatic imine (C=N–C) groups is 1. The molecule has 4 rings (SSSR count). The van der Waals surface area contributed by atoms with E-state index in [-0.39, 0.29) is 25.2 Å². The van der Waals surface area contributed by atoms with Gasteiger partial charge in [-0.15, -0.1) is 0 Å². The summed E-state index contributed by atoms with van der Waals surface area (Å²) in [4.78, 5) is 46.4. The molecule has 1 aromatic heterocycles. The van der Waals surface area contributed by atoms with Crippen molar-refractivity contribution in [2.45, 2.75) is 111 Å². The van der Waals surface area contributed by atoms with E-state index < -0.39 is 35.2 Å². The van der Waals surface area contributed by atoms with Crippen LogP contribution in [-0.2, 0) is 36.8 Å². The minimum Gasteiger partial charge on any atom is -0.468 e. The average Bonchev–Trinajstić information content (AvgIpc) is 3.47. The largest absolute Gasteiger partial charge is 0.468 e. The third-order valence-corrected chi connectivity index (χ3v) is 10.3. The van der Waals surface area contributed by atoms with E-state index in [1.807, 2.05) is 19.9 Å². The van der Waals surface area contributed by atoms with E-state index in [1.165, 1.54) is 12.1 Å². The van der Waals surface area contributed by atoms with Crippen LogP contribution in [0.4, 0.5) is 4.79 Å². The predicted octanol–water partition coefficient (Wildman–Crippen LogP) is 5.90. The molecule has 0 radical (unpaired) electrons. The van der Waals surface area contributed by atoms with Crippen molar-refractivity contribution in [2.75, 3.05) is 47.0 Å². The summed E-state index contributed by atoms with van der Waals surface area (Å²) in [5.41, 5.74) is 8.84. The molecule has 3 heterocycles. The number of nitrogens with zero attached hydrogens (tertiary/aromatic N) is 4. The summed E-state index contributed by atoms with van der Waals surface area (Å²) in [5.74, 6) is -0.796. The summed E-state index contributed by atoms with van der Waals surface area (Å²) >= 11 is 0. The Morgan fingerprint density at radius 2 is 1.89 bits per heavy atom.